The van der Waals surface area contributed by atoms with E-state index >= 15 is 0 Å². The fourth-order valence-corrected chi connectivity index (χ4v) is 13.4. The summed E-state index contributed by atoms with van der Waals surface area (Å²) in [5.74, 6) is 0.582. The highest BCUT2D eigenvalue weighted by atomic mass is 16.3. The second-order valence-electron chi connectivity index (χ2n) is 27.2. The SMILES string of the molecule is O=C(NCCCCCCCCCCCO)c1ccc2c(c1)-c1nc-2nc2nc(nc3[nH]c(nc4[nH]c(n1)c1ccc(C(O)=NCCCCCCCCCCCO)cc41)c1ccc(C(=O)NCCCCCCCCCCCO)cc31)-c1ccc(C(O)=NCCCCCCCCCCCO)cc1-2. The number of aliphatic hydroxyl groups is 6. The minimum absolute atomic E-state index is 0.0854. The molecule has 0 atom stereocenters. The van der Waals surface area contributed by atoms with Crippen LogP contribution in [0.2, 0.25) is 0 Å². The van der Waals surface area contributed by atoms with Crippen molar-refractivity contribution in [2.75, 3.05) is 52.6 Å². The molecule has 100 heavy (non-hydrogen) atoms. The summed E-state index contributed by atoms with van der Waals surface area (Å²) in [5, 5.41) is 68.5. The molecule has 7 aromatic rings. The number of hydrogen-bond acceptors (Lipinski definition) is 14. The molecule has 9 rings (SSSR count). The zero-order chi connectivity index (χ0) is 69.9. The highest BCUT2D eigenvalue weighted by molar-refractivity contribution is 6.11. The van der Waals surface area contributed by atoms with Gasteiger partial charge in [0.1, 0.15) is 22.6 Å². The number of aromatic nitrogens is 8. The normalized spacial score (nSPS) is 12.2. The van der Waals surface area contributed by atoms with Gasteiger partial charge in [-0.25, -0.2) is 29.9 Å². The number of hydrogen-bond donors (Lipinski definition) is 10. The second-order valence-corrected chi connectivity index (χ2v) is 27.2. The van der Waals surface area contributed by atoms with Crippen molar-refractivity contribution in [3.8, 4) is 45.6 Å². The first-order chi connectivity index (χ1) is 49.2. The lowest BCUT2D eigenvalue weighted by atomic mass is 10.0. The monoisotopic (exact) mass is 1370 g/mol. The van der Waals surface area contributed by atoms with E-state index in [4.69, 9.17) is 50.3 Å². The van der Waals surface area contributed by atoms with Crippen LogP contribution < -0.4 is 10.6 Å². The van der Waals surface area contributed by atoms with Gasteiger partial charge in [-0.15, -0.1) is 0 Å². The van der Waals surface area contributed by atoms with Crippen LogP contribution >= 0.6 is 0 Å². The topological polar surface area (TPSA) is 313 Å². The number of aromatic amines is 2. The summed E-state index contributed by atoms with van der Waals surface area (Å²) in [6.45, 7) is 3.01. The Hall–Kier alpha value is -8.04. The zero-order valence-corrected chi connectivity index (χ0v) is 59.1. The van der Waals surface area contributed by atoms with Crippen molar-refractivity contribution in [1.29, 1.82) is 0 Å². The maximum Gasteiger partial charge on any atom is 0.251 e. The molecule has 0 saturated heterocycles. The molecule has 2 aliphatic heterocycles. The third-order valence-electron chi connectivity index (χ3n) is 19.3. The maximum absolute atomic E-state index is 14.1. The average Bonchev–Trinajstić information content (AvgIpc) is 1.61. The summed E-state index contributed by atoms with van der Waals surface area (Å²) in [5.41, 5.74) is 5.97. The van der Waals surface area contributed by atoms with Gasteiger partial charge < -0.3 is 51.2 Å². The molecule has 20 heteroatoms. The lowest BCUT2D eigenvalue weighted by Gasteiger charge is -2.07. The van der Waals surface area contributed by atoms with Crippen LogP contribution in [0.3, 0.4) is 0 Å². The number of nitrogens with zero attached hydrogens (tertiary/aromatic N) is 8. The largest absolute Gasteiger partial charge is 0.493 e. The molecule has 5 heterocycles. The van der Waals surface area contributed by atoms with Crippen molar-refractivity contribution in [1.82, 2.24) is 50.5 Å². The number of amides is 2. The fraction of sp³-hybridized carbons (Fsp3) is 0.550. The van der Waals surface area contributed by atoms with Crippen molar-refractivity contribution in [2.24, 2.45) is 9.98 Å². The lowest BCUT2D eigenvalue weighted by Crippen LogP contribution is -2.24. The summed E-state index contributed by atoms with van der Waals surface area (Å²) in [7, 11) is 0. The Morgan fingerprint density at radius 2 is 0.580 bits per heavy atom. The Labute approximate surface area is 590 Å². The zero-order valence-electron chi connectivity index (χ0n) is 59.1. The van der Waals surface area contributed by atoms with E-state index in [2.05, 4.69) is 30.6 Å². The first-order valence-corrected chi connectivity index (χ1v) is 38.0. The van der Waals surface area contributed by atoms with Gasteiger partial charge in [0.25, 0.3) is 11.8 Å². The summed E-state index contributed by atoms with van der Waals surface area (Å²) in [6, 6.07) is 22.0. The van der Waals surface area contributed by atoms with Crippen LogP contribution in [-0.4, -0.2) is 147 Å². The van der Waals surface area contributed by atoms with Gasteiger partial charge in [0.05, 0.1) is 0 Å². The van der Waals surface area contributed by atoms with Gasteiger partial charge in [-0.2, -0.15) is 0 Å². The Kier molecular flexibility index (Phi) is 32.2. The van der Waals surface area contributed by atoms with E-state index in [9.17, 15) is 19.8 Å². The molecular weight excluding hydrogens is 1260 g/mol. The average molecular weight is 1370 g/mol. The van der Waals surface area contributed by atoms with Gasteiger partial charge in [-0.3, -0.25) is 19.6 Å². The van der Waals surface area contributed by atoms with E-state index in [0.717, 1.165) is 180 Å². The Morgan fingerprint density at radius 3 is 1.01 bits per heavy atom. The van der Waals surface area contributed by atoms with E-state index in [-0.39, 0.29) is 55.9 Å². The first-order valence-electron chi connectivity index (χ1n) is 38.0. The molecule has 0 radical (unpaired) electrons. The summed E-state index contributed by atoms with van der Waals surface area (Å²) in [4.78, 5) is 75.8. The molecule has 0 unspecified atom stereocenters. The van der Waals surface area contributed by atoms with Crippen molar-refractivity contribution in [3.05, 3.63) is 95.1 Å². The van der Waals surface area contributed by atoms with E-state index < -0.39 is 0 Å². The molecule has 0 spiro atoms. The molecule has 4 aromatic carbocycles. The predicted octanol–water partition coefficient (Wildman–Crippen LogP) is 17.0. The summed E-state index contributed by atoms with van der Waals surface area (Å²) < 4.78 is 0. The smallest absolute Gasteiger partial charge is 0.251 e. The number of benzene rings is 4. The molecule has 3 aromatic heterocycles. The quantitative estimate of drug-likeness (QED) is 0.00963. The standard InChI is InChI=1S/C80H110N12O8/c93-49-33-25-17-9-1-5-13-21-29-45-81-77(97)57-37-41-61-65(53-57)73-85-69(61)90-74-67-55-59(79(99)83-47-31-23-15-7-3-11-19-27-35-51-95)39-43-63(67)71(87-74)92-76-68-56-60(80(100)84-48-32-24-16-8-4-12-20-28-36-52-96)40-44-64(68)72(88-76)91-75-66-54-58(38-42-62(66)70(86-75)89-73)78(98)82-46-30-22-14-6-2-10-18-26-34-50-94/h37-44,53-56,93-96H,1-36,45-52H2,(H,81,97)(H,82,98)(H,83,99)(H,84,100)(H2,85,86,87,88,89,90,91,92). The molecule has 20 nitrogen and oxygen atoms in total. The van der Waals surface area contributed by atoms with Crippen LogP contribution in [0.4, 0.5) is 0 Å². The Balaban J connectivity index is 1.08. The number of nitrogens with one attached hydrogen (secondary N) is 4. The third-order valence-corrected chi connectivity index (χ3v) is 19.3. The molecule has 2 amide bonds. The van der Waals surface area contributed by atoms with Crippen LogP contribution in [-0.2, 0) is 0 Å². The van der Waals surface area contributed by atoms with Gasteiger partial charge in [0, 0.05) is 119 Å². The van der Waals surface area contributed by atoms with Crippen LogP contribution in [0.1, 0.15) is 263 Å². The van der Waals surface area contributed by atoms with E-state index in [1.54, 1.807) is 12.1 Å². The minimum atomic E-state index is -0.217. The van der Waals surface area contributed by atoms with Crippen LogP contribution in [0.5, 0.6) is 0 Å². The number of H-pyrrole nitrogens is 2. The molecule has 2 aliphatic rings. The summed E-state index contributed by atoms with van der Waals surface area (Å²) in [6.07, 6.45) is 38.1. The van der Waals surface area contributed by atoms with Gasteiger partial charge in [0.15, 0.2) is 23.3 Å². The fourth-order valence-electron chi connectivity index (χ4n) is 13.4. The number of aliphatic imine (C=N–C) groups is 2. The number of rotatable bonds is 48. The van der Waals surface area contributed by atoms with E-state index in [1.807, 2.05) is 60.7 Å². The third kappa shape index (κ3) is 23.0. The Bertz CT molecular complexity index is 3960. The molecular formula is C80H110N12O8. The van der Waals surface area contributed by atoms with Crippen molar-refractivity contribution in [2.45, 2.75) is 231 Å². The van der Waals surface area contributed by atoms with Crippen molar-refractivity contribution < 1.29 is 40.2 Å². The molecule has 10 N–H and O–H groups in total. The highest BCUT2D eigenvalue weighted by Gasteiger charge is 2.26. The number of unbranched alkanes of at least 4 members (excludes halogenated alkanes) is 32. The highest BCUT2D eigenvalue weighted by Crippen LogP contribution is 2.39. The molecule has 8 bridgehead atoms. The second kappa shape index (κ2) is 42.3. The Morgan fingerprint density at radius 1 is 0.300 bits per heavy atom. The van der Waals surface area contributed by atoms with Crippen LogP contribution in [0, 0.1) is 0 Å². The van der Waals surface area contributed by atoms with Gasteiger partial charge >= 0.3 is 0 Å². The minimum Gasteiger partial charge on any atom is -0.493 e. The summed E-state index contributed by atoms with van der Waals surface area (Å²) >= 11 is 0. The van der Waals surface area contributed by atoms with Crippen molar-refractivity contribution >= 4 is 67.7 Å². The van der Waals surface area contributed by atoms with E-state index in [1.165, 1.54) is 51.4 Å². The predicted molar refractivity (Wildman–Crippen MR) is 403 cm³/mol. The number of carbonyl (C=O) groups is 2. The number of carbonyl (C=O) groups excluding carboxylic acids is 2. The lowest BCUT2D eigenvalue weighted by molar-refractivity contribution is 0.0945. The molecule has 538 valence electrons. The molecule has 0 saturated carbocycles. The van der Waals surface area contributed by atoms with Gasteiger partial charge in [-0.1, -0.05) is 180 Å². The van der Waals surface area contributed by atoms with Gasteiger partial charge in [0.2, 0.25) is 11.8 Å². The molecule has 0 aliphatic carbocycles. The van der Waals surface area contributed by atoms with Gasteiger partial charge in [-0.05, 0) is 124 Å². The maximum atomic E-state index is 14.1. The number of fused-ring (bicyclic) bond motifs is 20. The first kappa shape index (κ1) is 76.1. The van der Waals surface area contributed by atoms with Crippen molar-refractivity contribution in [3.63, 3.8) is 0 Å². The van der Waals surface area contributed by atoms with Crippen LogP contribution in [0.15, 0.2) is 82.8 Å². The molecule has 0 fully saturated rings. The number of aliphatic hydroxyl groups excluding tert-OH is 6. The van der Waals surface area contributed by atoms with E-state index in [0.29, 0.717) is 132 Å². The van der Waals surface area contributed by atoms with Crippen LogP contribution in [0.25, 0.3) is 89.7 Å².